The molecule has 3 rings (SSSR count). The average Bonchev–Trinajstić information content (AvgIpc) is 2.76. The van der Waals surface area contributed by atoms with Crippen LogP contribution in [0.2, 0.25) is 5.02 Å². The number of anilines is 1. The first-order valence-corrected chi connectivity index (χ1v) is 13.1. The maximum atomic E-state index is 12.6. The van der Waals surface area contributed by atoms with Crippen LogP contribution in [0.25, 0.3) is 0 Å². The molecule has 0 aliphatic carbocycles. The minimum atomic E-state index is -3.69. The van der Waals surface area contributed by atoms with Gasteiger partial charge in [0, 0.05) is 28.6 Å². The van der Waals surface area contributed by atoms with Gasteiger partial charge < -0.3 is 5.32 Å². The highest BCUT2D eigenvalue weighted by Crippen LogP contribution is 2.21. The van der Waals surface area contributed by atoms with Crippen LogP contribution in [0.3, 0.4) is 0 Å². The van der Waals surface area contributed by atoms with Gasteiger partial charge in [0.15, 0.2) is 0 Å². The van der Waals surface area contributed by atoms with E-state index in [4.69, 9.17) is 11.6 Å². The molecule has 5 nitrogen and oxygen atoms in total. The summed E-state index contributed by atoms with van der Waals surface area (Å²) in [5.74, 6) is 1.44. The molecule has 8 heteroatoms. The lowest BCUT2D eigenvalue weighted by Crippen LogP contribution is -2.26. The number of hydrogen-bond acceptors (Lipinski definition) is 4. The minimum absolute atomic E-state index is 0.187. The summed E-state index contributed by atoms with van der Waals surface area (Å²) in [6.45, 7) is 4.21. The summed E-state index contributed by atoms with van der Waals surface area (Å²) in [7, 11) is -3.69. The summed E-state index contributed by atoms with van der Waals surface area (Å²) in [5.41, 5.74) is 3.78. The quantitative estimate of drug-likeness (QED) is 0.394. The molecule has 0 aliphatic heterocycles. The van der Waals surface area contributed by atoms with Crippen LogP contribution in [0.4, 0.5) is 5.69 Å². The van der Waals surface area contributed by atoms with E-state index in [-0.39, 0.29) is 10.8 Å². The monoisotopic (exact) mass is 488 g/mol. The van der Waals surface area contributed by atoms with Gasteiger partial charge in [-0.2, -0.15) is 11.8 Å². The van der Waals surface area contributed by atoms with Crippen LogP contribution < -0.4 is 10.0 Å². The van der Waals surface area contributed by atoms with E-state index in [1.165, 1.54) is 5.56 Å². The van der Waals surface area contributed by atoms with Gasteiger partial charge in [0.1, 0.15) is 0 Å². The molecule has 1 amide bonds. The second-order valence-corrected chi connectivity index (χ2v) is 10.6. The number of aryl methyl sites for hydroxylation is 2. The Hall–Kier alpha value is -2.48. The second kappa shape index (κ2) is 10.9. The number of nitrogens with one attached hydrogen (secondary N) is 2. The molecule has 0 spiro atoms. The van der Waals surface area contributed by atoms with Crippen molar-refractivity contribution in [3.05, 3.63) is 94.0 Å². The molecule has 0 saturated carbocycles. The van der Waals surface area contributed by atoms with E-state index in [0.29, 0.717) is 23.4 Å². The summed E-state index contributed by atoms with van der Waals surface area (Å²) in [6, 6.07) is 19.3. The highest BCUT2D eigenvalue weighted by atomic mass is 35.5. The van der Waals surface area contributed by atoms with Crippen molar-refractivity contribution in [1.82, 2.24) is 5.32 Å². The Morgan fingerprint density at radius 2 is 1.66 bits per heavy atom. The zero-order chi connectivity index (χ0) is 23.1. The van der Waals surface area contributed by atoms with Gasteiger partial charge in [-0.25, -0.2) is 8.42 Å². The van der Waals surface area contributed by atoms with Crippen molar-refractivity contribution in [3.63, 3.8) is 0 Å². The summed E-state index contributed by atoms with van der Waals surface area (Å²) in [4.78, 5) is 12.6. The Kier molecular flexibility index (Phi) is 8.23. The molecule has 0 fully saturated rings. The Morgan fingerprint density at radius 1 is 0.969 bits per heavy atom. The number of thioether (sulfide) groups is 1. The van der Waals surface area contributed by atoms with Crippen LogP contribution in [0.15, 0.2) is 71.6 Å². The van der Waals surface area contributed by atoms with E-state index in [0.717, 1.165) is 22.1 Å². The van der Waals surface area contributed by atoms with Gasteiger partial charge in [0.25, 0.3) is 15.9 Å². The number of halogens is 1. The standard InChI is InChI=1S/C24H25ClN2O3S2/c1-17-3-10-22(11-4-17)32(29,30)27-23-12-7-20(15-18(23)2)24(28)26-13-14-31-16-19-5-8-21(25)9-6-19/h3-12,15,27H,13-14,16H2,1-2H3,(H,26,28). The normalized spacial score (nSPS) is 11.2. The molecule has 168 valence electrons. The van der Waals surface area contributed by atoms with Crippen LogP contribution in [0.1, 0.15) is 27.0 Å². The molecule has 0 aliphatic rings. The van der Waals surface area contributed by atoms with Gasteiger partial charge in [0.05, 0.1) is 10.6 Å². The fourth-order valence-electron chi connectivity index (χ4n) is 2.95. The number of carbonyl (C=O) groups is 1. The first-order valence-electron chi connectivity index (χ1n) is 10.0. The summed E-state index contributed by atoms with van der Waals surface area (Å²) in [6.07, 6.45) is 0. The number of sulfonamides is 1. The van der Waals surface area contributed by atoms with E-state index < -0.39 is 10.0 Å². The van der Waals surface area contributed by atoms with Crippen molar-refractivity contribution in [3.8, 4) is 0 Å². The molecule has 0 aromatic heterocycles. The Balaban J connectivity index is 1.52. The molecule has 0 heterocycles. The van der Waals surface area contributed by atoms with Crippen LogP contribution in [0.5, 0.6) is 0 Å². The van der Waals surface area contributed by atoms with Gasteiger partial charge in [-0.15, -0.1) is 0 Å². The second-order valence-electron chi connectivity index (χ2n) is 7.38. The largest absolute Gasteiger partial charge is 0.351 e. The van der Waals surface area contributed by atoms with E-state index >= 15 is 0 Å². The summed E-state index contributed by atoms with van der Waals surface area (Å²) >= 11 is 7.61. The summed E-state index contributed by atoms with van der Waals surface area (Å²) < 4.78 is 27.8. The third kappa shape index (κ3) is 6.76. The predicted molar refractivity (Wildman–Crippen MR) is 133 cm³/mol. The van der Waals surface area contributed by atoms with Gasteiger partial charge in [-0.05, 0) is 67.4 Å². The van der Waals surface area contributed by atoms with Crippen LogP contribution in [0, 0.1) is 13.8 Å². The van der Waals surface area contributed by atoms with Gasteiger partial charge in [0.2, 0.25) is 0 Å². The van der Waals surface area contributed by atoms with Crippen LogP contribution in [-0.2, 0) is 15.8 Å². The van der Waals surface area contributed by atoms with E-state index in [1.807, 2.05) is 31.2 Å². The lowest BCUT2D eigenvalue weighted by molar-refractivity contribution is 0.0956. The molecule has 0 unspecified atom stereocenters. The third-order valence-corrected chi connectivity index (χ3v) is 7.44. The number of hydrogen-bond donors (Lipinski definition) is 2. The zero-order valence-corrected chi connectivity index (χ0v) is 20.3. The van der Waals surface area contributed by atoms with Crippen molar-refractivity contribution in [1.29, 1.82) is 0 Å². The van der Waals surface area contributed by atoms with E-state index in [1.54, 1.807) is 61.2 Å². The molecule has 0 saturated heterocycles. The van der Waals surface area contributed by atoms with Crippen molar-refractivity contribution < 1.29 is 13.2 Å². The van der Waals surface area contributed by atoms with Crippen molar-refractivity contribution in [2.24, 2.45) is 0 Å². The van der Waals surface area contributed by atoms with Crippen LogP contribution in [-0.4, -0.2) is 26.6 Å². The SMILES string of the molecule is Cc1ccc(S(=O)(=O)Nc2ccc(C(=O)NCCSCc3ccc(Cl)cc3)cc2C)cc1. The lowest BCUT2D eigenvalue weighted by atomic mass is 10.1. The number of amides is 1. The highest BCUT2D eigenvalue weighted by Gasteiger charge is 2.16. The van der Waals surface area contributed by atoms with Crippen LogP contribution >= 0.6 is 23.4 Å². The topological polar surface area (TPSA) is 75.3 Å². The van der Waals surface area contributed by atoms with Crippen molar-refractivity contribution in [2.45, 2.75) is 24.5 Å². The minimum Gasteiger partial charge on any atom is -0.351 e. The number of carbonyl (C=O) groups excluding carboxylic acids is 1. The van der Waals surface area contributed by atoms with Crippen molar-refractivity contribution >= 4 is 45.0 Å². The molecule has 2 N–H and O–H groups in total. The highest BCUT2D eigenvalue weighted by molar-refractivity contribution is 7.98. The average molecular weight is 489 g/mol. The van der Waals surface area contributed by atoms with Gasteiger partial charge >= 0.3 is 0 Å². The smallest absolute Gasteiger partial charge is 0.261 e. The van der Waals surface area contributed by atoms with E-state index in [2.05, 4.69) is 10.0 Å². The molecular weight excluding hydrogens is 464 g/mol. The molecule has 0 radical (unpaired) electrons. The maximum Gasteiger partial charge on any atom is 0.261 e. The van der Waals surface area contributed by atoms with Gasteiger partial charge in [-0.1, -0.05) is 41.4 Å². The third-order valence-electron chi connectivity index (χ3n) is 4.78. The first-order chi connectivity index (χ1) is 15.2. The summed E-state index contributed by atoms with van der Waals surface area (Å²) in [5, 5.41) is 3.62. The molecular formula is C24H25ClN2O3S2. The maximum absolute atomic E-state index is 12.6. The van der Waals surface area contributed by atoms with E-state index in [9.17, 15) is 13.2 Å². The lowest BCUT2D eigenvalue weighted by Gasteiger charge is -2.12. The molecule has 0 bridgehead atoms. The van der Waals surface area contributed by atoms with Gasteiger partial charge in [-0.3, -0.25) is 9.52 Å². The first kappa shape index (κ1) is 24.2. The molecule has 3 aromatic rings. The fraction of sp³-hybridized carbons (Fsp3) is 0.208. The Labute approximate surface area is 198 Å². The predicted octanol–water partition coefficient (Wildman–Crippen LogP) is 5.42. The molecule has 3 aromatic carbocycles. The molecule has 32 heavy (non-hydrogen) atoms. The fourth-order valence-corrected chi connectivity index (χ4v) is 5.03. The Morgan fingerprint density at radius 3 is 2.31 bits per heavy atom. The number of rotatable bonds is 9. The molecule has 0 atom stereocenters. The Bertz CT molecular complexity index is 1180. The zero-order valence-electron chi connectivity index (χ0n) is 17.9. The number of benzene rings is 3. The van der Waals surface area contributed by atoms with Crippen molar-refractivity contribution in [2.75, 3.05) is 17.0 Å².